The number of amides is 2. The molecule has 2 amide bonds. The molecule has 2 aromatic rings. The van der Waals surface area contributed by atoms with Crippen molar-refractivity contribution in [2.24, 2.45) is 0 Å². The molecule has 0 heterocycles. The Morgan fingerprint density at radius 1 is 1.04 bits per heavy atom. The summed E-state index contributed by atoms with van der Waals surface area (Å²) in [4.78, 5) is 25.5. The first-order chi connectivity index (χ1) is 11.1. The van der Waals surface area contributed by atoms with E-state index in [2.05, 4.69) is 5.32 Å². The van der Waals surface area contributed by atoms with Gasteiger partial charge in [-0.15, -0.1) is 0 Å². The average molecular weight is 331 g/mol. The Kier molecular flexibility index (Phi) is 6.18. The van der Waals surface area contributed by atoms with Crippen molar-refractivity contribution in [1.82, 2.24) is 10.2 Å². The van der Waals surface area contributed by atoms with Crippen LogP contribution in [0.15, 0.2) is 54.6 Å². The van der Waals surface area contributed by atoms with Gasteiger partial charge in [-0.2, -0.15) is 0 Å². The number of rotatable bonds is 6. The van der Waals surface area contributed by atoms with Crippen LogP contribution in [0.4, 0.5) is 0 Å². The van der Waals surface area contributed by atoms with Crippen LogP contribution in [0.2, 0.25) is 5.02 Å². The number of hydrogen-bond donors (Lipinski definition) is 1. The molecule has 1 N–H and O–H groups in total. The van der Waals surface area contributed by atoms with Crippen LogP contribution in [0.25, 0.3) is 0 Å². The second-order valence-electron chi connectivity index (χ2n) is 5.28. The third-order valence-electron chi connectivity index (χ3n) is 3.44. The minimum absolute atomic E-state index is 0.0212. The molecular formula is C18H19ClN2O2. The highest BCUT2D eigenvalue weighted by molar-refractivity contribution is 6.31. The van der Waals surface area contributed by atoms with E-state index in [9.17, 15) is 9.59 Å². The summed E-state index contributed by atoms with van der Waals surface area (Å²) in [6, 6.07) is 16.8. The van der Waals surface area contributed by atoms with Crippen molar-refractivity contribution in [3.63, 3.8) is 0 Å². The van der Waals surface area contributed by atoms with Crippen molar-refractivity contribution in [1.29, 1.82) is 0 Å². The van der Waals surface area contributed by atoms with Crippen molar-refractivity contribution in [2.75, 3.05) is 13.6 Å². The standard InChI is InChI=1S/C18H19ClN2O2/c1-21(13-15-9-5-6-10-16(15)19)18(23)12-20-17(22)11-14-7-3-2-4-8-14/h2-10H,11-13H2,1H3,(H,20,22). The molecule has 5 heteroatoms. The molecular weight excluding hydrogens is 312 g/mol. The summed E-state index contributed by atoms with van der Waals surface area (Å²) < 4.78 is 0. The highest BCUT2D eigenvalue weighted by Gasteiger charge is 2.12. The molecule has 0 saturated carbocycles. The number of nitrogens with one attached hydrogen (secondary N) is 1. The van der Waals surface area contributed by atoms with Crippen molar-refractivity contribution < 1.29 is 9.59 Å². The van der Waals surface area contributed by atoms with E-state index in [1.807, 2.05) is 48.5 Å². The van der Waals surface area contributed by atoms with Gasteiger partial charge in [-0.25, -0.2) is 0 Å². The van der Waals surface area contributed by atoms with Crippen molar-refractivity contribution >= 4 is 23.4 Å². The molecule has 0 fully saturated rings. The number of carbonyl (C=O) groups is 2. The van der Waals surface area contributed by atoms with E-state index in [4.69, 9.17) is 11.6 Å². The number of likely N-dealkylation sites (N-methyl/N-ethyl adjacent to an activating group) is 1. The first kappa shape index (κ1) is 17.0. The average Bonchev–Trinajstić information content (AvgIpc) is 2.55. The molecule has 2 aromatic carbocycles. The molecule has 0 bridgehead atoms. The van der Waals surface area contributed by atoms with Gasteiger partial charge in [0.05, 0.1) is 13.0 Å². The van der Waals surface area contributed by atoms with Crippen LogP contribution in [-0.2, 0) is 22.6 Å². The lowest BCUT2D eigenvalue weighted by atomic mass is 10.1. The predicted molar refractivity (Wildman–Crippen MR) is 91.1 cm³/mol. The molecule has 0 saturated heterocycles. The summed E-state index contributed by atoms with van der Waals surface area (Å²) in [5, 5.41) is 3.27. The van der Waals surface area contributed by atoms with E-state index in [0.29, 0.717) is 11.6 Å². The van der Waals surface area contributed by atoms with Gasteiger partial charge in [0.15, 0.2) is 0 Å². The fraction of sp³-hybridized carbons (Fsp3) is 0.222. The molecule has 2 rings (SSSR count). The Hall–Kier alpha value is -2.33. The van der Waals surface area contributed by atoms with Gasteiger partial charge in [-0.1, -0.05) is 60.1 Å². The summed E-state index contributed by atoms with van der Waals surface area (Å²) in [5.74, 6) is -0.331. The lowest BCUT2D eigenvalue weighted by Gasteiger charge is -2.18. The largest absolute Gasteiger partial charge is 0.347 e. The molecule has 120 valence electrons. The molecule has 4 nitrogen and oxygen atoms in total. The van der Waals surface area contributed by atoms with Crippen LogP contribution in [0.1, 0.15) is 11.1 Å². The number of nitrogens with zero attached hydrogens (tertiary/aromatic N) is 1. The van der Waals surface area contributed by atoms with Crippen molar-refractivity contribution in [2.45, 2.75) is 13.0 Å². The van der Waals surface area contributed by atoms with Crippen LogP contribution in [0.5, 0.6) is 0 Å². The number of halogens is 1. The molecule has 0 aliphatic heterocycles. The third-order valence-corrected chi connectivity index (χ3v) is 3.80. The molecule has 0 unspecified atom stereocenters. The zero-order valence-electron chi connectivity index (χ0n) is 13.0. The summed E-state index contributed by atoms with van der Waals surface area (Å²) in [5.41, 5.74) is 1.79. The fourth-order valence-corrected chi connectivity index (χ4v) is 2.32. The second-order valence-corrected chi connectivity index (χ2v) is 5.69. The summed E-state index contributed by atoms with van der Waals surface area (Å²) in [7, 11) is 1.69. The fourth-order valence-electron chi connectivity index (χ4n) is 2.12. The Labute approximate surface area is 141 Å². The number of benzene rings is 2. The van der Waals surface area contributed by atoms with Crippen LogP contribution in [0.3, 0.4) is 0 Å². The first-order valence-electron chi connectivity index (χ1n) is 7.34. The minimum atomic E-state index is -0.171. The molecule has 0 aromatic heterocycles. The van der Waals surface area contributed by atoms with Gasteiger partial charge >= 0.3 is 0 Å². The molecule has 23 heavy (non-hydrogen) atoms. The highest BCUT2D eigenvalue weighted by Crippen LogP contribution is 2.16. The Morgan fingerprint density at radius 2 is 1.70 bits per heavy atom. The second kappa shape index (κ2) is 8.34. The van der Waals surface area contributed by atoms with E-state index in [1.165, 1.54) is 0 Å². The van der Waals surface area contributed by atoms with Gasteiger partial charge in [-0.3, -0.25) is 9.59 Å². The maximum Gasteiger partial charge on any atom is 0.242 e. The quantitative estimate of drug-likeness (QED) is 0.885. The van der Waals surface area contributed by atoms with Crippen molar-refractivity contribution in [3.05, 3.63) is 70.7 Å². The zero-order chi connectivity index (χ0) is 16.7. The SMILES string of the molecule is CN(Cc1ccccc1Cl)C(=O)CNC(=O)Cc1ccccc1. The topological polar surface area (TPSA) is 49.4 Å². The summed E-state index contributed by atoms with van der Waals surface area (Å²) in [6.07, 6.45) is 0.266. The molecule has 0 radical (unpaired) electrons. The maximum atomic E-state index is 12.1. The zero-order valence-corrected chi connectivity index (χ0v) is 13.7. The predicted octanol–water partition coefficient (Wildman–Crippen LogP) is 2.66. The monoisotopic (exact) mass is 330 g/mol. The lowest BCUT2D eigenvalue weighted by Crippen LogP contribution is -2.38. The Balaban J connectivity index is 1.80. The lowest BCUT2D eigenvalue weighted by molar-refractivity contribution is -0.132. The Bertz CT molecular complexity index is 674. The molecule has 0 spiro atoms. The molecule has 0 atom stereocenters. The van der Waals surface area contributed by atoms with Gasteiger partial charge in [0, 0.05) is 18.6 Å². The van der Waals surface area contributed by atoms with Gasteiger partial charge < -0.3 is 10.2 Å². The van der Waals surface area contributed by atoms with Gasteiger partial charge in [0.25, 0.3) is 0 Å². The van der Waals surface area contributed by atoms with Crippen LogP contribution < -0.4 is 5.32 Å². The van der Waals surface area contributed by atoms with Crippen molar-refractivity contribution in [3.8, 4) is 0 Å². The normalized spacial score (nSPS) is 10.2. The molecule has 0 aliphatic rings. The highest BCUT2D eigenvalue weighted by atomic mass is 35.5. The Morgan fingerprint density at radius 3 is 2.39 bits per heavy atom. The van der Waals surface area contributed by atoms with E-state index in [0.717, 1.165) is 11.1 Å². The molecule has 0 aliphatic carbocycles. The smallest absolute Gasteiger partial charge is 0.242 e. The van der Waals surface area contributed by atoms with E-state index in [-0.39, 0.29) is 24.8 Å². The van der Waals surface area contributed by atoms with E-state index >= 15 is 0 Å². The summed E-state index contributed by atoms with van der Waals surface area (Å²) in [6.45, 7) is 0.389. The van der Waals surface area contributed by atoms with Gasteiger partial charge in [-0.05, 0) is 17.2 Å². The number of carbonyl (C=O) groups excluding carboxylic acids is 2. The first-order valence-corrected chi connectivity index (χ1v) is 7.72. The minimum Gasteiger partial charge on any atom is -0.347 e. The van der Waals surface area contributed by atoms with Crippen LogP contribution in [0, 0.1) is 0 Å². The number of hydrogen-bond acceptors (Lipinski definition) is 2. The maximum absolute atomic E-state index is 12.1. The summed E-state index contributed by atoms with van der Waals surface area (Å²) >= 11 is 6.08. The van der Waals surface area contributed by atoms with Crippen LogP contribution in [-0.4, -0.2) is 30.3 Å². The third kappa shape index (κ3) is 5.42. The van der Waals surface area contributed by atoms with E-state index < -0.39 is 0 Å². The van der Waals surface area contributed by atoms with Crippen LogP contribution >= 0.6 is 11.6 Å². The van der Waals surface area contributed by atoms with E-state index in [1.54, 1.807) is 18.0 Å². The van der Waals surface area contributed by atoms with Gasteiger partial charge in [0.2, 0.25) is 11.8 Å². The van der Waals surface area contributed by atoms with Gasteiger partial charge in [0.1, 0.15) is 0 Å².